The largest absolute Gasteiger partial charge is 0.469 e. The van der Waals surface area contributed by atoms with Gasteiger partial charge in [-0.05, 0) is 46.7 Å². The van der Waals surface area contributed by atoms with Gasteiger partial charge in [0.15, 0.2) is 0 Å². The Morgan fingerprint density at radius 3 is 2.44 bits per heavy atom. The van der Waals surface area contributed by atoms with Crippen molar-refractivity contribution in [3.8, 4) is 0 Å². The number of nitrogens with zero attached hydrogens (tertiary/aromatic N) is 1. The number of halogens is 1. The highest BCUT2D eigenvalue weighted by molar-refractivity contribution is 14.1. The van der Waals surface area contributed by atoms with Crippen LogP contribution in [0.3, 0.4) is 0 Å². The average molecular weight is 451 g/mol. The first-order chi connectivity index (χ1) is 11.9. The lowest BCUT2D eigenvalue weighted by Crippen LogP contribution is -2.37. The molecule has 132 valence electrons. The van der Waals surface area contributed by atoms with Gasteiger partial charge in [-0.3, -0.25) is 9.59 Å². The van der Waals surface area contributed by atoms with E-state index in [1.165, 1.54) is 7.11 Å². The number of methoxy groups -OCH3 is 1. The summed E-state index contributed by atoms with van der Waals surface area (Å²) in [6.07, 6.45) is 0. The quantitative estimate of drug-likeness (QED) is 0.492. The number of rotatable bonds is 6. The smallest absolute Gasteiger partial charge is 0.310 e. The third-order valence-corrected chi connectivity index (χ3v) is 5.46. The third-order valence-electron chi connectivity index (χ3n) is 4.02. The van der Waals surface area contributed by atoms with Crippen molar-refractivity contribution in [1.29, 1.82) is 0 Å². The molecule has 0 aliphatic carbocycles. The topological polar surface area (TPSA) is 46.6 Å². The minimum absolute atomic E-state index is 0.0762. The van der Waals surface area contributed by atoms with Crippen LogP contribution in [0, 0.1) is 16.4 Å². The number of esters is 1. The highest BCUT2D eigenvalue weighted by atomic mass is 127. The Morgan fingerprint density at radius 2 is 1.80 bits per heavy atom. The van der Waals surface area contributed by atoms with E-state index in [9.17, 15) is 9.59 Å². The van der Waals surface area contributed by atoms with Crippen LogP contribution in [0.25, 0.3) is 0 Å². The predicted molar refractivity (Wildman–Crippen MR) is 106 cm³/mol. The molecule has 0 aliphatic rings. The third kappa shape index (κ3) is 5.04. The first-order valence-electron chi connectivity index (χ1n) is 8.10. The number of hydrogen-bond acceptors (Lipinski definition) is 3. The Balaban J connectivity index is 2.31. The van der Waals surface area contributed by atoms with Gasteiger partial charge in [0.2, 0.25) is 0 Å². The summed E-state index contributed by atoms with van der Waals surface area (Å²) in [7, 11) is 1.37. The monoisotopic (exact) mass is 451 g/mol. The fraction of sp³-hybridized carbons (Fsp3) is 0.300. The Morgan fingerprint density at radius 1 is 1.12 bits per heavy atom. The second-order valence-corrected chi connectivity index (χ2v) is 7.11. The Labute approximate surface area is 162 Å². The van der Waals surface area contributed by atoms with Crippen LogP contribution in [-0.4, -0.2) is 30.4 Å². The summed E-state index contributed by atoms with van der Waals surface area (Å²) >= 11 is 2.20. The number of aryl methyl sites for hydroxylation is 1. The zero-order chi connectivity index (χ0) is 18.4. The summed E-state index contributed by atoms with van der Waals surface area (Å²) in [5.74, 6) is -0.780. The van der Waals surface area contributed by atoms with Gasteiger partial charge in [-0.15, -0.1) is 0 Å². The molecule has 0 heterocycles. The van der Waals surface area contributed by atoms with Gasteiger partial charge in [0.05, 0.1) is 18.6 Å². The summed E-state index contributed by atoms with van der Waals surface area (Å²) in [6, 6.07) is 15.5. The van der Waals surface area contributed by atoms with Crippen LogP contribution in [0.5, 0.6) is 0 Å². The van der Waals surface area contributed by atoms with Crippen molar-refractivity contribution in [3.05, 3.63) is 68.8 Å². The van der Waals surface area contributed by atoms with E-state index in [0.717, 1.165) is 14.7 Å². The van der Waals surface area contributed by atoms with Gasteiger partial charge >= 0.3 is 5.97 Å². The first kappa shape index (κ1) is 19.4. The molecule has 2 aromatic rings. The minimum atomic E-state index is -0.389. The van der Waals surface area contributed by atoms with Crippen molar-refractivity contribution >= 4 is 34.5 Å². The zero-order valence-electron chi connectivity index (χ0n) is 14.7. The summed E-state index contributed by atoms with van der Waals surface area (Å²) in [6.45, 7) is 4.52. The van der Waals surface area contributed by atoms with Gasteiger partial charge < -0.3 is 9.64 Å². The van der Waals surface area contributed by atoms with E-state index in [-0.39, 0.29) is 17.8 Å². The molecule has 0 aromatic heterocycles. The van der Waals surface area contributed by atoms with E-state index >= 15 is 0 Å². The fourth-order valence-electron chi connectivity index (χ4n) is 2.61. The minimum Gasteiger partial charge on any atom is -0.469 e. The number of hydrogen-bond donors (Lipinski definition) is 0. The number of ether oxygens (including phenoxy) is 1. The zero-order valence-corrected chi connectivity index (χ0v) is 16.8. The molecule has 0 fully saturated rings. The lowest BCUT2D eigenvalue weighted by Gasteiger charge is -2.26. The predicted octanol–water partition coefficient (Wildman–Crippen LogP) is 4.05. The summed E-state index contributed by atoms with van der Waals surface area (Å²) in [4.78, 5) is 26.7. The van der Waals surface area contributed by atoms with Crippen molar-refractivity contribution < 1.29 is 14.3 Å². The molecule has 25 heavy (non-hydrogen) atoms. The van der Waals surface area contributed by atoms with E-state index < -0.39 is 0 Å². The lowest BCUT2D eigenvalue weighted by molar-refractivity contribution is -0.145. The molecule has 2 aromatic carbocycles. The van der Waals surface area contributed by atoms with Crippen LogP contribution >= 0.6 is 22.6 Å². The number of amides is 1. The molecule has 1 atom stereocenters. The van der Waals surface area contributed by atoms with Gasteiger partial charge in [-0.2, -0.15) is 0 Å². The highest BCUT2D eigenvalue weighted by Gasteiger charge is 2.24. The van der Waals surface area contributed by atoms with Crippen LogP contribution in [0.15, 0.2) is 48.5 Å². The maximum Gasteiger partial charge on any atom is 0.310 e. The number of carbonyl (C=O) groups is 2. The van der Waals surface area contributed by atoms with E-state index in [1.807, 2.05) is 55.5 Å². The van der Waals surface area contributed by atoms with Crippen LogP contribution in [0.1, 0.15) is 28.4 Å². The molecule has 1 unspecified atom stereocenters. The molecule has 5 heteroatoms. The van der Waals surface area contributed by atoms with Crippen molar-refractivity contribution in [3.63, 3.8) is 0 Å². The molecule has 0 aliphatic heterocycles. The summed E-state index contributed by atoms with van der Waals surface area (Å²) in [5, 5.41) is 0. The van der Waals surface area contributed by atoms with Gasteiger partial charge in [0, 0.05) is 16.7 Å². The van der Waals surface area contributed by atoms with Crippen molar-refractivity contribution in [2.45, 2.75) is 20.4 Å². The van der Waals surface area contributed by atoms with Crippen LogP contribution < -0.4 is 0 Å². The van der Waals surface area contributed by atoms with Gasteiger partial charge in [0.1, 0.15) is 0 Å². The normalized spacial score (nSPS) is 11.7. The van der Waals surface area contributed by atoms with E-state index in [4.69, 9.17) is 4.74 Å². The standard InChI is InChI=1S/C20H22INO3/c1-14-8-7-11-17(18(14)21)19(23)22(12-15(2)20(24)25-3)13-16-9-5-4-6-10-16/h4-11,15H,12-13H2,1-3H3. The van der Waals surface area contributed by atoms with Crippen molar-refractivity contribution in [2.24, 2.45) is 5.92 Å². The van der Waals surface area contributed by atoms with Gasteiger partial charge in [0.25, 0.3) is 5.91 Å². The molecule has 0 N–H and O–H groups in total. The molecule has 1 amide bonds. The van der Waals surface area contributed by atoms with Crippen LogP contribution in [0.4, 0.5) is 0 Å². The van der Waals surface area contributed by atoms with Crippen LogP contribution in [0.2, 0.25) is 0 Å². The summed E-state index contributed by atoms with van der Waals surface area (Å²) in [5.41, 5.74) is 2.75. The molecule has 0 radical (unpaired) electrons. The van der Waals surface area contributed by atoms with E-state index in [1.54, 1.807) is 11.8 Å². The molecule has 0 saturated heterocycles. The molecule has 4 nitrogen and oxygen atoms in total. The molecule has 2 rings (SSSR count). The Kier molecular flexibility index (Phi) is 6.99. The summed E-state index contributed by atoms with van der Waals surface area (Å²) < 4.78 is 5.75. The molecular formula is C20H22INO3. The second-order valence-electron chi connectivity index (χ2n) is 6.03. The van der Waals surface area contributed by atoms with E-state index in [2.05, 4.69) is 22.6 Å². The highest BCUT2D eigenvalue weighted by Crippen LogP contribution is 2.20. The van der Waals surface area contributed by atoms with Crippen LogP contribution in [-0.2, 0) is 16.1 Å². The second kappa shape index (κ2) is 8.99. The van der Waals surface area contributed by atoms with Crippen molar-refractivity contribution in [1.82, 2.24) is 4.90 Å². The Hall–Kier alpha value is -1.89. The first-order valence-corrected chi connectivity index (χ1v) is 9.18. The van der Waals surface area contributed by atoms with Gasteiger partial charge in [-0.1, -0.05) is 49.4 Å². The SMILES string of the molecule is COC(=O)C(C)CN(Cc1ccccc1)C(=O)c1cccc(C)c1I. The Bertz CT molecular complexity index is 746. The fourth-order valence-corrected chi connectivity index (χ4v) is 3.20. The lowest BCUT2D eigenvalue weighted by atomic mass is 10.1. The molecule has 0 bridgehead atoms. The average Bonchev–Trinajstić information content (AvgIpc) is 2.63. The molecule has 0 saturated carbocycles. The van der Waals surface area contributed by atoms with Crippen molar-refractivity contribution in [2.75, 3.05) is 13.7 Å². The molecular weight excluding hydrogens is 429 g/mol. The number of carbonyl (C=O) groups excluding carboxylic acids is 2. The number of benzene rings is 2. The maximum absolute atomic E-state index is 13.1. The van der Waals surface area contributed by atoms with Gasteiger partial charge in [-0.25, -0.2) is 0 Å². The van der Waals surface area contributed by atoms with E-state index in [0.29, 0.717) is 18.7 Å². The molecule has 0 spiro atoms. The maximum atomic E-state index is 13.1.